The van der Waals surface area contributed by atoms with Crippen molar-refractivity contribution in [3.05, 3.63) is 23.0 Å². The lowest BCUT2D eigenvalue weighted by atomic mass is 10.1. The van der Waals surface area contributed by atoms with Gasteiger partial charge < -0.3 is 4.74 Å². The van der Waals surface area contributed by atoms with Crippen molar-refractivity contribution in [3.8, 4) is 17.9 Å². The Bertz CT molecular complexity index is 474. The standard InChI is InChI=1S/C10H7F2N3O/c1-16-8-4-6(2-3-13)15-7(5-14)9(8)10(11)12/h4,10H,2H2,1H3. The van der Waals surface area contributed by atoms with E-state index in [1.807, 2.05) is 6.07 Å². The fraction of sp³-hybridized carbons (Fsp3) is 0.300. The van der Waals surface area contributed by atoms with Crippen molar-refractivity contribution < 1.29 is 13.5 Å². The van der Waals surface area contributed by atoms with Gasteiger partial charge in [-0.25, -0.2) is 13.8 Å². The van der Waals surface area contributed by atoms with Crippen LogP contribution in [0.4, 0.5) is 8.78 Å². The van der Waals surface area contributed by atoms with Gasteiger partial charge in [0, 0.05) is 6.07 Å². The monoisotopic (exact) mass is 223 g/mol. The summed E-state index contributed by atoms with van der Waals surface area (Å²) in [6.07, 6.45) is -2.90. The maximum absolute atomic E-state index is 12.6. The van der Waals surface area contributed by atoms with Crippen LogP contribution in [0.2, 0.25) is 0 Å². The number of nitriles is 2. The highest BCUT2D eigenvalue weighted by Gasteiger charge is 2.21. The van der Waals surface area contributed by atoms with E-state index in [2.05, 4.69) is 4.98 Å². The highest BCUT2D eigenvalue weighted by Crippen LogP contribution is 2.31. The van der Waals surface area contributed by atoms with E-state index in [0.717, 1.165) is 0 Å². The van der Waals surface area contributed by atoms with Gasteiger partial charge in [0.2, 0.25) is 0 Å². The molecule has 0 fully saturated rings. The molecule has 0 spiro atoms. The molecule has 0 N–H and O–H groups in total. The maximum atomic E-state index is 12.6. The van der Waals surface area contributed by atoms with Gasteiger partial charge in [-0.2, -0.15) is 10.5 Å². The molecule has 0 aliphatic heterocycles. The summed E-state index contributed by atoms with van der Waals surface area (Å²) in [7, 11) is 1.22. The fourth-order valence-electron chi connectivity index (χ4n) is 1.22. The molecule has 0 saturated heterocycles. The zero-order chi connectivity index (χ0) is 12.1. The van der Waals surface area contributed by atoms with Gasteiger partial charge in [-0.1, -0.05) is 0 Å². The minimum atomic E-state index is -2.84. The highest BCUT2D eigenvalue weighted by atomic mass is 19.3. The van der Waals surface area contributed by atoms with Crippen LogP contribution in [-0.4, -0.2) is 12.1 Å². The van der Waals surface area contributed by atoms with Crippen molar-refractivity contribution in [2.24, 2.45) is 0 Å². The molecule has 0 aliphatic rings. The number of methoxy groups -OCH3 is 1. The molecule has 1 aromatic rings. The van der Waals surface area contributed by atoms with Gasteiger partial charge >= 0.3 is 0 Å². The lowest BCUT2D eigenvalue weighted by molar-refractivity contribution is 0.146. The first-order valence-electron chi connectivity index (χ1n) is 4.27. The number of hydrogen-bond acceptors (Lipinski definition) is 4. The summed E-state index contributed by atoms with van der Waals surface area (Å²) in [5.74, 6) is -0.119. The van der Waals surface area contributed by atoms with Crippen molar-refractivity contribution in [1.82, 2.24) is 4.98 Å². The van der Waals surface area contributed by atoms with Gasteiger partial charge in [-0.05, 0) is 0 Å². The molecule has 0 saturated carbocycles. The average Bonchev–Trinajstić information content (AvgIpc) is 2.27. The molecule has 1 aromatic heterocycles. The van der Waals surface area contributed by atoms with Crippen LogP contribution < -0.4 is 4.74 Å². The van der Waals surface area contributed by atoms with Crippen LogP contribution in [0.25, 0.3) is 0 Å². The topological polar surface area (TPSA) is 69.7 Å². The number of nitrogens with zero attached hydrogens (tertiary/aromatic N) is 3. The van der Waals surface area contributed by atoms with Crippen molar-refractivity contribution in [1.29, 1.82) is 10.5 Å². The summed E-state index contributed by atoms with van der Waals surface area (Å²) >= 11 is 0. The number of alkyl halides is 2. The Balaban J connectivity index is 3.39. The summed E-state index contributed by atoms with van der Waals surface area (Å²) in [5, 5.41) is 17.2. The Morgan fingerprint density at radius 2 is 2.19 bits per heavy atom. The van der Waals surface area contributed by atoms with Gasteiger partial charge in [0.05, 0.1) is 30.9 Å². The predicted molar refractivity (Wildman–Crippen MR) is 49.8 cm³/mol. The van der Waals surface area contributed by atoms with Crippen molar-refractivity contribution in [3.63, 3.8) is 0 Å². The van der Waals surface area contributed by atoms with E-state index < -0.39 is 17.7 Å². The molecule has 0 aliphatic carbocycles. The van der Waals surface area contributed by atoms with E-state index in [-0.39, 0.29) is 17.9 Å². The molecule has 82 valence electrons. The molecule has 16 heavy (non-hydrogen) atoms. The second kappa shape index (κ2) is 5.04. The zero-order valence-corrected chi connectivity index (χ0v) is 8.37. The van der Waals surface area contributed by atoms with Crippen molar-refractivity contribution in [2.45, 2.75) is 12.8 Å². The number of hydrogen-bond donors (Lipinski definition) is 0. The van der Waals surface area contributed by atoms with Crippen molar-refractivity contribution >= 4 is 0 Å². The molecule has 0 bridgehead atoms. The first-order valence-corrected chi connectivity index (χ1v) is 4.27. The normalized spacial score (nSPS) is 9.62. The van der Waals surface area contributed by atoms with Gasteiger partial charge in [0.1, 0.15) is 11.8 Å². The van der Waals surface area contributed by atoms with Gasteiger partial charge in [-0.15, -0.1) is 0 Å². The minimum Gasteiger partial charge on any atom is -0.496 e. The van der Waals surface area contributed by atoms with Crippen LogP contribution in [0.1, 0.15) is 23.4 Å². The SMILES string of the molecule is COc1cc(CC#N)nc(C#N)c1C(F)F. The number of aromatic nitrogens is 1. The second-order valence-corrected chi connectivity index (χ2v) is 2.83. The minimum absolute atomic E-state index is 0.0610. The molecule has 1 heterocycles. The third-order valence-electron chi connectivity index (χ3n) is 1.88. The third kappa shape index (κ3) is 2.23. The Morgan fingerprint density at radius 1 is 1.50 bits per heavy atom. The van der Waals surface area contributed by atoms with E-state index >= 15 is 0 Å². The molecule has 0 aromatic carbocycles. The Hall–Kier alpha value is -2.21. The number of rotatable bonds is 3. The molecule has 0 unspecified atom stereocenters. The Labute approximate surface area is 90.7 Å². The molecule has 6 heteroatoms. The predicted octanol–water partition coefficient (Wildman–Crippen LogP) is 1.97. The quantitative estimate of drug-likeness (QED) is 0.785. The lowest BCUT2D eigenvalue weighted by Gasteiger charge is -2.09. The Kier molecular flexibility index (Phi) is 3.73. The molecular formula is C10H7F2N3O. The van der Waals surface area contributed by atoms with Crippen LogP contribution in [0.3, 0.4) is 0 Å². The summed E-state index contributed by atoms with van der Waals surface area (Å²) in [6, 6.07) is 4.63. The van der Waals surface area contributed by atoms with E-state index in [0.29, 0.717) is 0 Å². The number of ether oxygens (including phenoxy) is 1. The van der Waals surface area contributed by atoms with E-state index in [1.165, 1.54) is 13.2 Å². The second-order valence-electron chi connectivity index (χ2n) is 2.83. The largest absolute Gasteiger partial charge is 0.496 e. The van der Waals surface area contributed by atoms with Crippen LogP contribution in [-0.2, 0) is 6.42 Å². The highest BCUT2D eigenvalue weighted by molar-refractivity contribution is 5.45. The van der Waals surface area contributed by atoms with Gasteiger partial charge in [0.25, 0.3) is 6.43 Å². The molecule has 1 rings (SSSR count). The molecule has 0 radical (unpaired) electrons. The molecule has 0 amide bonds. The summed E-state index contributed by atoms with van der Waals surface area (Å²) in [4.78, 5) is 3.67. The van der Waals surface area contributed by atoms with Gasteiger partial charge in [-0.3, -0.25) is 0 Å². The van der Waals surface area contributed by atoms with E-state index in [4.69, 9.17) is 15.3 Å². The van der Waals surface area contributed by atoms with Crippen LogP contribution in [0, 0.1) is 22.7 Å². The first-order chi connectivity index (χ1) is 7.63. The summed E-state index contributed by atoms with van der Waals surface area (Å²) in [5.41, 5.74) is -0.702. The van der Waals surface area contributed by atoms with Crippen LogP contribution in [0.5, 0.6) is 5.75 Å². The lowest BCUT2D eigenvalue weighted by Crippen LogP contribution is -2.02. The average molecular weight is 223 g/mol. The van der Waals surface area contributed by atoms with E-state index in [9.17, 15) is 8.78 Å². The maximum Gasteiger partial charge on any atom is 0.270 e. The van der Waals surface area contributed by atoms with E-state index in [1.54, 1.807) is 6.07 Å². The number of pyridine rings is 1. The number of halogens is 2. The zero-order valence-electron chi connectivity index (χ0n) is 8.37. The molecule has 4 nitrogen and oxygen atoms in total. The summed E-state index contributed by atoms with van der Waals surface area (Å²) < 4.78 is 30.0. The molecular weight excluding hydrogens is 216 g/mol. The third-order valence-corrected chi connectivity index (χ3v) is 1.88. The molecule has 0 atom stereocenters. The summed E-state index contributed by atoms with van der Waals surface area (Å²) in [6.45, 7) is 0. The Morgan fingerprint density at radius 3 is 2.62 bits per heavy atom. The smallest absolute Gasteiger partial charge is 0.270 e. The van der Waals surface area contributed by atoms with Gasteiger partial charge in [0.15, 0.2) is 5.69 Å². The van der Waals surface area contributed by atoms with Crippen molar-refractivity contribution in [2.75, 3.05) is 7.11 Å². The van der Waals surface area contributed by atoms with Crippen LogP contribution in [0.15, 0.2) is 6.07 Å². The van der Waals surface area contributed by atoms with Crippen LogP contribution >= 0.6 is 0 Å². The first kappa shape index (κ1) is 11.9. The fourth-order valence-corrected chi connectivity index (χ4v) is 1.22.